The van der Waals surface area contributed by atoms with Crippen molar-refractivity contribution in [3.63, 3.8) is 0 Å². The highest BCUT2D eigenvalue weighted by atomic mass is 79.9. The maximum Gasteiger partial charge on any atom is 0.261 e. The van der Waals surface area contributed by atoms with E-state index in [4.69, 9.17) is 4.43 Å². The highest BCUT2D eigenvalue weighted by molar-refractivity contribution is 9.10. The van der Waals surface area contributed by atoms with Crippen molar-refractivity contribution in [2.75, 3.05) is 18.1 Å². The number of fused-ring (bicyclic) bond motifs is 1. The molecule has 0 spiro atoms. The zero-order valence-electron chi connectivity index (χ0n) is 30.7. The number of carbonyl (C=O) groups excluding carboxylic acids is 2. The number of halogens is 1. The van der Waals surface area contributed by atoms with E-state index in [0.29, 0.717) is 29.7 Å². The van der Waals surface area contributed by atoms with Gasteiger partial charge in [-0.3, -0.25) is 14.5 Å². The fraction of sp³-hybridized carbons (Fsp3) is 0.318. The van der Waals surface area contributed by atoms with Gasteiger partial charge in [0, 0.05) is 16.0 Å². The molecule has 2 amide bonds. The number of benzene rings is 4. The van der Waals surface area contributed by atoms with Crippen molar-refractivity contribution in [3.05, 3.63) is 136 Å². The number of aromatic hydroxyl groups is 1. The summed E-state index contributed by atoms with van der Waals surface area (Å²) in [7, 11) is -3.03. The summed E-state index contributed by atoms with van der Waals surface area (Å²) in [6.45, 7) is 8.28. The lowest BCUT2D eigenvalue weighted by atomic mass is 9.68. The van der Waals surface area contributed by atoms with Crippen LogP contribution in [-0.2, 0) is 14.0 Å². The lowest BCUT2D eigenvalue weighted by Gasteiger charge is -2.44. The molecular weight excluding hydrogens is 746 g/mol. The van der Waals surface area contributed by atoms with Gasteiger partial charge in [-0.15, -0.1) is 0 Å². The van der Waals surface area contributed by atoms with E-state index in [9.17, 15) is 24.9 Å². The van der Waals surface area contributed by atoms with Gasteiger partial charge in [0.15, 0.2) is 0 Å². The highest BCUT2D eigenvalue weighted by Gasteiger charge is 2.56. The second-order valence-corrected chi connectivity index (χ2v) is 20.5. The minimum atomic E-state index is -3.03. The minimum Gasteiger partial charge on any atom is -0.507 e. The van der Waals surface area contributed by atoms with Crippen LogP contribution in [0.1, 0.15) is 52.5 Å². The Morgan fingerprint density at radius 2 is 1.51 bits per heavy atom. The van der Waals surface area contributed by atoms with Gasteiger partial charge in [0.05, 0.1) is 36.8 Å². The number of allylic oxidation sites excluding steroid dienone is 1. The van der Waals surface area contributed by atoms with E-state index in [-0.39, 0.29) is 35.6 Å². The Morgan fingerprint density at radius 1 is 0.925 bits per heavy atom. The Hall–Kier alpha value is -4.12. The average Bonchev–Trinajstić information content (AvgIpc) is 3.40. The topological polar surface area (TPSA) is 107 Å². The van der Waals surface area contributed by atoms with Crippen LogP contribution in [0.2, 0.25) is 5.04 Å². The van der Waals surface area contributed by atoms with Crippen LogP contribution in [0, 0.1) is 17.8 Å². The zero-order valence-corrected chi connectivity index (χ0v) is 33.3. The fourth-order valence-corrected chi connectivity index (χ4v) is 13.3. The molecule has 4 atom stereocenters. The number of nitrogens with zero attached hydrogens (tertiary/aromatic N) is 1. The average molecular weight is 795 g/mol. The van der Waals surface area contributed by atoms with Gasteiger partial charge in [-0.2, -0.15) is 0 Å². The second-order valence-electron chi connectivity index (χ2n) is 15.2. The summed E-state index contributed by atoms with van der Waals surface area (Å²) < 4.78 is 8.21. The van der Waals surface area contributed by atoms with Crippen molar-refractivity contribution < 1.29 is 29.3 Å². The van der Waals surface area contributed by atoms with E-state index in [1.807, 2.05) is 61.5 Å². The number of aliphatic hydroxyl groups excluding tert-OH is 2. The Labute approximate surface area is 321 Å². The summed E-state index contributed by atoms with van der Waals surface area (Å²) >= 11 is 3.47. The van der Waals surface area contributed by atoms with Crippen LogP contribution < -0.4 is 15.3 Å². The molecule has 0 aromatic heterocycles. The molecule has 1 saturated heterocycles. The maximum absolute atomic E-state index is 14.2. The van der Waals surface area contributed by atoms with E-state index in [2.05, 4.69) is 61.0 Å². The summed E-state index contributed by atoms with van der Waals surface area (Å²) in [5.41, 5.74) is 3.45. The molecule has 7 nitrogen and oxygen atoms in total. The molecule has 9 heteroatoms. The van der Waals surface area contributed by atoms with E-state index in [1.54, 1.807) is 36.4 Å². The summed E-state index contributed by atoms with van der Waals surface area (Å²) in [6, 6.07) is 34.7. The van der Waals surface area contributed by atoms with E-state index in [1.165, 1.54) is 4.90 Å². The van der Waals surface area contributed by atoms with Crippen LogP contribution in [0.3, 0.4) is 0 Å². The van der Waals surface area contributed by atoms with Crippen molar-refractivity contribution >= 4 is 58.2 Å². The van der Waals surface area contributed by atoms with Gasteiger partial charge in [0.25, 0.3) is 8.32 Å². The molecular formula is C44H48BrNO6Si. The number of anilines is 1. The molecule has 1 fully saturated rings. The third-order valence-corrected chi connectivity index (χ3v) is 16.3. The Morgan fingerprint density at radius 3 is 2.08 bits per heavy atom. The molecule has 4 aromatic carbocycles. The van der Waals surface area contributed by atoms with Gasteiger partial charge >= 0.3 is 0 Å². The number of rotatable bonds is 12. The molecule has 0 unspecified atom stereocenters. The third-order valence-electron chi connectivity index (χ3n) is 10.8. The van der Waals surface area contributed by atoms with Crippen molar-refractivity contribution in [2.45, 2.75) is 58.1 Å². The molecule has 3 N–H and O–H groups in total. The first kappa shape index (κ1) is 38.6. The standard InChI is InChI=1S/C44H48BrNO6Si/c1-29(24-30-25-32(45)21-23-38(30)48)20-22-39(49)40-31(26-36-41(37(40)27-47)43(51)46(42(36)50)33-14-8-5-9-15-33)28-52-53(44(2,3)4,34-16-10-6-11-17-34)35-18-12-7-13-19-35/h5-19,21,23-25,36-37,39,41,47-49H,20,22,26-28H2,1-4H3/b29-24+/t36-,37+,39-,41-/m1/s1. The largest absolute Gasteiger partial charge is 0.507 e. The molecule has 1 aliphatic carbocycles. The molecule has 53 heavy (non-hydrogen) atoms. The first-order chi connectivity index (χ1) is 25.4. The number of carbonyl (C=O) groups is 2. The van der Waals surface area contributed by atoms with E-state index < -0.39 is 38.8 Å². The fourth-order valence-electron chi connectivity index (χ4n) is 8.38. The van der Waals surface area contributed by atoms with Gasteiger partial charge in [-0.05, 0) is 83.1 Å². The summed E-state index contributed by atoms with van der Waals surface area (Å²) in [6.07, 6.45) is 1.92. The molecule has 6 rings (SSSR count). The Balaban J connectivity index is 1.42. The normalized spacial score (nSPS) is 20.2. The number of hydrogen-bond donors (Lipinski definition) is 3. The first-order valence-corrected chi connectivity index (χ1v) is 20.9. The molecule has 1 aliphatic heterocycles. The smallest absolute Gasteiger partial charge is 0.261 e. The lowest BCUT2D eigenvalue weighted by Crippen LogP contribution is -2.66. The third kappa shape index (κ3) is 7.64. The molecule has 276 valence electrons. The first-order valence-electron chi connectivity index (χ1n) is 18.2. The number of amides is 2. The predicted octanol–water partition coefficient (Wildman–Crippen LogP) is 7.39. The van der Waals surface area contributed by atoms with Crippen LogP contribution in [0.25, 0.3) is 6.08 Å². The number of aliphatic hydroxyl groups is 2. The van der Waals surface area contributed by atoms with Gasteiger partial charge in [0.2, 0.25) is 11.8 Å². The second kappa shape index (κ2) is 16.1. The quantitative estimate of drug-likeness (QED) is 0.0785. The van der Waals surface area contributed by atoms with Crippen LogP contribution in [0.5, 0.6) is 5.75 Å². The van der Waals surface area contributed by atoms with Crippen molar-refractivity contribution in [2.24, 2.45) is 17.8 Å². The van der Waals surface area contributed by atoms with Crippen molar-refractivity contribution in [1.29, 1.82) is 0 Å². The van der Waals surface area contributed by atoms with Gasteiger partial charge in [-0.1, -0.05) is 127 Å². The molecule has 0 bridgehead atoms. The van der Waals surface area contributed by atoms with Crippen LogP contribution in [0.4, 0.5) is 5.69 Å². The zero-order chi connectivity index (χ0) is 37.9. The molecule has 0 saturated carbocycles. The molecule has 0 radical (unpaired) electrons. The number of imide groups is 1. The highest BCUT2D eigenvalue weighted by Crippen LogP contribution is 2.48. The predicted molar refractivity (Wildman–Crippen MR) is 216 cm³/mol. The number of hydrogen-bond acceptors (Lipinski definition) is 6. The van der Waals surface area contributed by atoms with Crippen molar-refractivity contribution in [1.82, 2.24) is 0 Å². The number of phenols is 1. The minimum absolute atomic E-state index is 0.132. The van der Waals surface area contributed by atoms with E-state index in [0.717, 1.165) is 26.0 Å². The number of para-hydroxylation sites is 1. The van der Waals surface area contributed by atoms with Crippen LogP contribution in [-0.4, -0.2) is 54.8 Å². The maximum atomic E-state index is 14.2. The molecule has 2 aliphatic rings. The summed E-state index contributed by atoms with van der Waals surface area (Å²) in [4.78, 5) is 29.6. The monoisotopic (exact) mass is 793 g/mol. The number of phenolic OH excluding ortho intramolecular Hbond substituents is 1. The SMILES string of the molecule is C/C(=C\c1cc(Br)ccc1O)CC[C@@H](O)C1=C(CO[Si](c2ccccc2)(c2ccccc2)C(C)(C)C)C[C@H]2C(=O)N(c3ccccc3)C(=O)[C@H]2[C@H]1CO. The Bertz CT molecular complexity index is 1950. The lowest BCUT2D eigenvalue weighted by molar-refractivity contribution is -0.123. The van der Waals surface area contributed by atoms with Crippen LogP contribution >= 0.6 is 15.9 Å². The van der Waals surface area contributed by atoms with Gasteiger partial charge < -0.3 is 19.7 Å². The summed E-state index contributed by atoms with van der Waals surface area (Å²) in [5.74, 6) is -2.79. The van der Waals surface area contributed by atoms with Gasteiger partial charge in [-0.25, -0.2) is 0 Å². The van der Waals surface area contributed by atoms with Crippen molar-refractivity contribution in [3.8, 4) is 5.75 Å². The van der Waals surface area contributed by atoms with E-state index >= 15 is 0 Å². The van der Waals surface area contributed by atoms with Gasteiger partial charge in [0.1, 0.15) is 5.75 Å². The summed E-state index contributed by atoms with van der Waals surface area (Å²) in [5, 5.41) is 35.5. The van der Waals surface area contributed by atoms with Crippen LogP contribution in [0.15, 0.2) is 130 Å². The Kier molecular flexibility index (Phi) is 11.7. The molecule has 1 heterocycles. The molecule has 4 aromatic rings.